The molecule has 1 aliphatic carbocycles. The minimum atomic E-state index is -4.30. The normalized spacial score (nSPS) is 20.9. The monoisotopic (exact) mass is 423 g/mol. The van der Waals surface area contributed by atoms with Gasteiger partial charge in [0, 0.05) is 25.2 Å². The van der Waals surface area contributed by atoms with Gasteiger partial charge in [-0.2, -0.15) is 17.5 Å². The highest BCUT2D eigenvalue weighted by Crippen LogP contribution is 2.39. The molecule has 28 heavy (non-hydrogen) atoms. The Morgan fingerprint density at radius 1 is 1.25 bits per heavy atom. The Labute approximate surface area is 162 Å². The lowest BCUT2D eigenvalue weighted by atomic mass is 9.85. The second-order valence-electron chi connectivity index (χ2n) is 6.77. The number of anilines is 1. The van der Waals surface area contributed by atoms with Crippen molar-refractivity contribution < 1.29 is 26.5 Å². The molecule has 0 aliphatic heterocycles. The van der Waals surface area contributed by atoms with E-state index in [1.165, 1.54) is 16.4 Å². The quantitative estimate of drug-likeness (QED) is 0.525. The van der Waals surface area contributed by atoms with Gasteiger partial charge < -0.3 is 5.32 Å². The van der Waals surface area contributed by atoms with Crippen LogP contribution < -0.4 is 5.32 Å². The number of hydrogen-bond donors (Lipinski definition) is 1. The summed E-state index contributed by atoms with van der Waals surface area (Å²) in [5, 5.41) is 14.3. The fraction of sp³-hybridized carbons (Fsp3) is 0.647. The van der Waals surface area contributed by atoms with Crippen molar-refractivity contribution in [3.8, 4) is 0 Å². The third-order valence-corrected chi connectivity index (χ3v) is 7.05. The van der Waals surface area contributed by atoms with Crippen molar-refractivity contribution in [2.45, 2.75) is 56.6 Å². The Balaban J connectivity index is 2.30. The van der Waals surface area contributed by atoms with Crippen LogP contribution in [0.4, 0.5) is 24.5 Å². The first-order valence-electron chi connectivity index (χ1n) is 9.12. The van der Waals surface area contributed by atoms with Gasteiger partial charge in [-0.1, -0.05) is 20.3 Å². The van der Waals surface area contributed by atoms with Crippen molar-refractivity contribution >= 4 is 21.4 Å². The summed E-state index contributed by atoms with van der Waals surface area (Å²) in [7, 11) is -3.88. The van der Waals surface area contributed by atoms with Crippen LogP contribution in [0.25, 0.3) is 0 Å². The second-order valence-corrected chi connectivity index (χ2v) is 8.71. The average Bonchev–Trinajstić information content (AvgIpc) is 2.62. The van der Waals surface area contributed by atoms with Crippen LogP contribution in [-0.4, -0.2) is 43.0 Å². The molecule has 1 saturated carbocycles. The van der Waals surface area contributed by atoms with E-state index < -0.39 is 38.8 Å². The first kappa shape index (κ1) is 22.4. The standard InChI is InChI=1S/C17H24F3N3O4S/c1-3-22(4-2)28(26,27)14-8-9-15(16(11-14)23(24)25)21-13-7-5-6-12(10-13)17(18,19)20/h8-9,11-13,21H,3-7,10H2,1-2H3/t12-,13+/m1/s1. The molecule has 2 rings (SSSR count). The molecule has 1 aromatic carbocycles. The molecule has 0 spiro atoms. The van der Waals surface area contributed by atoms with E-state index in [1.807, 2.05) is 0 Å². The molecule has 0 saturated heterocycles. The molecule has 1 aromatic rings. The lowest BCUT2D eigenvalue weighted by Gasteiger charge is -2.31. The van der Waals surface area contributed by atoms with E-state index >= 15 is 0 Å². The zero-order valence-electron chi connectivity index (χ0n) is 15.7. The van der Waals surface area contributed by atoms with Crippen molar-refractivity contribution in [3.05, 3.63) is 28.3 Å². The summed E-state index contributed by atoms with van der Waals surface area (Å²) >= 11 is 0. The predicted molar refractivity (Wildman–Crippen MR) is 98.6 cm³/mol. The molecule has 1 aliphatic rings. The summed E-state index contributed by atoms with van der Waals surface area (Å²) in [6.07, 6.45) is -3.59. The van der Waals surface area contributed by atoms with Crippen LogP contribution in [0.3, 0.4) is 0 Å². The van der Waals surface area contributed by atoms with Crippen LogP contribution in [0.2, 0.25) is 0 Å². The predicted octanol–water partition coefficient (Wildman–Crippen LogP) is 4.16. The third kappa shape index (κ3) is 4.93. The molecule has 7 nitrogen and oxygen atoms in total. The first-order chi connectivity index (χ1) is 13.0. The van der Waals surface area contributed by atoms with Crippen LogP contribution in [0.15, 0.2) is 23.1 Å². The number of sulfonamides is 1. The van der Waals surface area contributed by atoms with Gasteiger partial charge in [0.05, 0.1) is 15.7 Å². The summed E-state index contributed by atoms with van der Waals surface area (Å²) in [5.74, 6) is -1.44. The Hall–Kier alpha value is -1.88. The summed E-state index contributed by atoms with van der Waals surface area (Å²) in [6, 6.07) is 2.89. The lowest BCUT2D eigenvalue weighted by molar-refractivity contribution is -0.384. The van der Waals surface area contributed by atoms with Crippen molar-refractivity contribution in [1.82, 2.24) is 4.31 Å². The summed E-state index contributed by atoms with van der Waals surface area (Å²) in [4.78, 5) is 10.5. The number of rotatable bonds is 7. The summed E-state index contributed by atoms with van der Waals surface area (Å²) < 4.78 is 65.3. The van der Waals surface area contributed by atoms with Gasteiger partial charge in [-0.3, -0.25) is 10.1 Å². The van der Waals surface area contributed by atoms with Crippen molar-refractivity contribution in [2.75, 3.05) is 18.4 Å². The molecular formula is C17H24F3N3O4S. The fourth-order valence-electron chi connectivity index (χ4n) is 3.50. The van der Waals surface area contributed by atoms with Crippen LogP contribution in [0.5, 0.6) is 0 Å². The Bertz CT molecular complexity index is 810. The molecule has 1 fully saturated rings. The van der Waals surface area contributed by atoms with Gasteiger partial charge >= 0.3 is 6.18 Å². The minimum Gasteiger partial charge on any atom is -0.377 e. The molecule has 0 unspecified atom stereocenters. The van der Waals surface area contributed by atoms with Gasteiger partial charge in [0.1, 0.15) is 5.69 Å². The molecule has 0 aromatic heterocycles. The van der Waals surface area contributed by atoms with Crippen molar-refractivity contribution in [3.63, 3.8) is 0 Å². The average molecular weight is 423 g/mol. The maximum Gasteiger partial charge on any atom is 0.391 e. The number of nitrogens with one attached hydrogen (secondary N) is 1. The van der Waals surface area contributed by atoms with E-state index in [0.717, 1.165) is 6.07 Å². The minimum absolute atomic E-state index is 0.0244. The number of nitro benzene ring substituents is 1. The van der Waals surface area contributed by atoms with Crippen LogP contribution >= 0.6 is 0 Å². The molecule has 11 heteroatoms. The maximum absolute atomic E-state index is 13.0. The summed E-state index contributed by atoms with van der Waals surface area (Å²) in [5.41, 5.74) is -0.446. The van der Waals surface area contributed by atoms with Crippen molar-refractivity contribution in [2.24, 2.45) is 5.92 Å². The zero-order chi connectivity index (χ0) is 21.1. The van der Waals surface area contributed by atoms with E-state index in [4.69, 9.17) is 0 Å². The molecule has 2 atom stereocenters. The molecule has 0 radical (unpaired) electrons. The van der Waals surface area contributed by atoms with E-state index in [9.17, 15) is 31.7 Å². The van der Waals surface area contributed by atoms with Gasteiger partial charge in [0.15, 0.2) is 0 Å². The van der Waals surface area contributed by atoms with E-state index in [-0.39, 0.29) is 36.5 Å². The Morgan fingerprint density at radius 3 is 2.43 bits per heavy atom. The molecule has 0 bridgehead atoms. The smallest absolute Gasteiger partial charge is 0.377 e. The van der Waals surface area contributed by atoms with E-state index in [2.05, 4.69) is 5.32 Å². The van der Waals surface area contributed by atoms with Gasteiger partial charge in [0.25, 0.3) is 5.69 Å². The van der Waals surface area contributed by atoms with E-state index in [0.29, 0.717) is 12.8 Å². The number of nitro groups is 1. The Kier molecular flexibility index (Phi) is 6.92. The second kappa shape index (κ2) is 8.64. The van der Waals surface area contributed by atoms with E-state index in [1.54, 1.807) is 13.8 Å². The highest BCUT2D eigenvalue weighted by molar-refractivity contribution is 7.89. The maximum atomic E-state index is 13.0. The SMILES string of the molecule is CCN(CC)S(=O)(=O)c1ccc(N[C@H]2CCC[C@@H](C(F)(F)F)C2)c([N+](=O)[O-])c1. The molecular weight excluding hydrogens is 399 g/mol. The van der Waals surface area contributed by atoms with Gasteiger partial charge in [0.2, 0.25) is 10.0 Å². The highest BCUT2D eigenvalue weighted by atomic mass is 32.2. The van der Waals surface area contributed by atoms with Crippen LogP contribution in [0.1, 0.15) is 39.5 Å². The third-order valence-electron chi connectivity index (χ3n) is 5.01. The lowest BCUT2D eigenvalue weighted by Crippen LogP contribution is -2.34. The zero-order valence-corrected chi connectivity index (χ0v) is 16.5. The molecule has 0 heterocycles. The summed E-state index contributed by atoms with van der Waals surface area (Å²) in [6.45, 7) is 3.75. The number of alkyl halides is 3. The molecule has 0 amide bonds. The number of benzene rings is 1. The van der Waals surface area contributed by atoms with Crippen LogP contribution in [-0.2, 0) is 10.0 Å². The Morgan fingerprint density at radius 2 is 1.89 bits per heavy atom. The van der Waals surface area contributed by atoms with Gasteiger partial charge in [-0.25, -0.2) is 8.42 Å². The number of nitrogens with zero attached hydrogens (tertiary/aromatic N) is 2. The topological polar surface area (TPSA) is 92.6 Å². The molecule has 1 N–H and O–H groups in total. The largest absolute Gasteiger partial charge is 0.391 e. The fourth-order valence-corrected chi connectivity index (χ4v) is 4.97. The number of hydrogen-bond acceptors (Lipinski definition) is 5. The number of halogens is 3. The van der Waals surface area contributed by atoms with Crippen molar-refractivity contribution in [1.29, 1.82) is 0 Å². The highest BCUT2D eigenvalue weighted by Gasteiger charge is 2.42. The van der Waals surface area contributed by atoms with Crippen LogP contribution in [0, 0.1) is 16.0 Å². The first-order valence-corrected chi connectivity index (χ1v) is 10.6. The van der Waals surface area contributed by atoms with Gasteiger partial charge in [-0.05, 0) is 31.4 Å². The molecule has 158 valence electrons. The van der Waals surface area contributed by atoms with Gasteiger partial charge in [-0.15, -0.1) is 0 Å².